The average Bonchev–Trinajstić information content (AvgIpc) is 2.68. The molecule has 2 heterocycles. The number of piperidine rings is 1. The van der Waals surface area contributed by atoms with E-state index in [9.17, 15) is 0 Å². The van der Waals surface area contributed by atoms with E-state index >= 15 is 0 Å². The monoisotopic (exact) mass is 376 g/mol. The van der Waals surface area contributed by atoms with E-state index in [-0.39, 0.29) is 0 Å². The van der Waals surface area contributed by atoms with Gasteiger partial charge in [-0.15, -0.1) is 0 Å². The topological polar surface area (TPSA) is 49.8 Å². The van der Waals surface area contributed by atoms with E-state index in [2.05, 4.69) is 77.7 Å². The number of rotatable bonds is 4. The molecule has 0 aliphatic carbocycles. The quantitative estimate of drug-likeness (QED) is 0.663. The van der Waals surface area contributed by atoms with E-state index in [1.54, 1.807) is 0 Å². The molecule has 0 saturated carbocycles. The number of nitrogens with one attached hydrogen (secondary N) is 2. The van der Waals surface area contributed by atoms with E-state index < -0.39 is 8.07 Å². The number of fused-ring (bicyclic) bond motifs is 1. The second-order valence-electron chi connectivity index (χ2n) is 8.49. The van der Waals surface area contributed by atoms with Crippen LogP contribution in [-0.2, 0) is 0 Å². The first-order valence-corrected chi connectivity index (χ1v) is 13.3. The van der Waals surface area contributed by atoms with Gasteiger partial charge in [0.1, 0.15) is 0 Å². The van der Waals surface area contributed by atoms with Crippen molar-refractivity contribution in [2.45, 2.75) is 38.4 Å². The summed E-state index contributed by atoms with van der Waals surface area (Å²) in [5.74, 6) is 1.30. The molecule has 0 atom stereocenters. The molecule has 0 amide bonds. The Balaban J connectivity index is 1.56. The van der Waals surface area contributed by atoms with E-state index in [0.717, 1.165) is 29.7 Å². The first kappa shape index (κ1) is 18.1. The molecule has 140 valence electrons. The second-order valence-corrected chi connectivity index (χ2v) is 13.6. The predicted octanol–water partition coefficient (Wildman–Crippen LogP) is 4.39. The molecule has 2 N–H and O–H groups in total. The summed E-state index contributed by atoms with van der Waals surface area (Å²) in [6.07, 6.45) is 4.34. The molecule has 0 spiro atoms. The Bertz CT molecular complexity index is 942. The maximum atomic E-state index is 4.72. The van der Waals surface area contributed by atoms with Gasteiger partial charge in [0.2, 0.25) is 5.95 Å². The van der Waals surface area contributed by atoms with Crippen molar-refractivity contribution in [3.8, 4) is 0 Å². The summed E-state index contributed by atoms with van der Waals surface area (Å²) >= 11 is 0. The van der Waals surface area contributed by atoms with Gasteiger partial charge in [-0.1, -0.05) is 49.1 Å². The molecule has 5 heteroatoms. The molecule has 3 aromatic rings. The summed E-state index contributed by atoms with van der Waals surface area (Å²) < 4.78 is 0. The summed E-state index contributed by atoms with van der Waals surface area (Å²) in [5, 5.41) is 9.38. The summed E-state index contributed by atoms with van der Waals surface area (Å²) in [6, 6.07) is 15.3. The molecule has 1 saturated heterocycles. The van der Waals surface area contributed by atoms with E-state index in [1.807, 2.05) is 6.20 Å². The van der Waals surface area contributed by atoms with Gasteiger partial charge >= 0.3 is 0 Å². The molecule has 2 aromatic carbocycles. The minimum Gasteiger partial charge on any atom is -0.324 e. The van der Waals surface area contributed by atoms with Crippen LogP contribution < -0.4 is 15.8 Å². The van der Waals surface area contributed by atoms with Crippen molar-refractivity contribution < 1.29 is 0 Å². The molecular weight excluding hydrogens is 348 g/mol. The summed E-state index contributed by atoms with van der Waals surface area (Å²) in [6.45, 7) is 9.30. The van der Waals surface area contributed by atoms with Gasteiger partial charge in [-0.05, 0) is 55.6 Å². The van der Waals surface area contributed by atoms with E-state index in [0.29, 0.717) is 11.9 Å². The molecule has 1 fully saturated rings. The maximum absolute atomic E-state index is 4.72. The zero-order chi connectivity index (χ0) is 18.9. The fourth-order valence-electron chi connectivity index (χ4n) is 3.71. The third kappa shape index (κ3) is 4.20. The van der Waals surface area contributed by atoms with Gasteiger partial charge in [-0.25, -0.2) is 9.97 Å². The summed E-state index contributed by atoms with van der Waals surface area (Å²) in [4.78, 5) is 9.27. The predicted molar refractivity (Wildman–Crippen MR) is 117 cm³/mol. The number of aromatic nitrogens is 2. The van der Waals surface area contributed by atoms with Crippen LogP contribution in [0.3, 0.4) is 0 Å². The van der Waals surface area contributed by atoms with Crippen molar-refractivity contribution in [3.63, 3.8) is 0 Å². The maximum Gasteiger partial charge on any atom is 0.227 e. The molecule has 0 bridgehead atoms. The standard InChI is InChI=1S/C22H28N4Si/c1-27(2,3)20-7-8-21-18(14-20)15-24-22(26-21)25-19-6-4-5-17(13-19)16-9-11-23-12-10-16/h4-8,13-16,23H,9-12H2,1-3H3,(H,24,25,26). The van der Waals surface area contributed by atoms with Crippen molar-refractivity contribution in [2.75, 3.05) is 18.4 Å². The normalized spacial score (nSPS) is 15.8. The molecular formula is C22H28N4Si. The Morgan fingerprint density at radius 3 is 2.63 bits per heavy atom. The molecule has 27 heavy (non-hydrogen) atoms. The van der Waals surface area contributed by atoms with Gasteiger partial charge in [0.15, 0.2) is 0 Å². The van der Waals surface area contributed by atoms with Gasteiger partial charge in [0, 0.05) is 17.3 Å². The Morgan fingerprint density at radius 2 is 1.85 bits per heavy atom. The lowest BCUT2D eigenvalue weighted by Crippen LogP contribution is -2.37. The second kappa shape index (κ2) is 7.41. The number of benzene rings is 2. The van der Waals surface area contributed by atoms with Crippen LogP contribution in [0.25, 0.3) is 10.9 Å². The highest BCUT2D eigenvalue weighted by atomic mass is 28.3. The third-order valence-corrected chi connectivity index (χ3v) is 7.44. The minimum absolute atomic E-state index is 0.644. The molecule has 0 radical (unpaired) electrons. The smallest absolute Gasteiger partial charge is 0.227 e. The Kier molecular flexibility index (Phi) is 4.97. The van der Waals surface area contributed by atoms with E-state index in [4.69, 9.17) is 4.98 Å². The highest BCUT2D eigenvalue weighted by molar-refractivity contribution is 6.88. The first-order chi connectivity index (χ1) is 13.0. The summed E-state index contributed by atoms with van der Waals surface area (Å²) in [5.41, 5.74) is 3.45. The third-order valence-electron chi connectivity index (χ3n) is 5.40. The lowest BCUT2D eigenvalue weighted by molar-refractivity contribution is 0.460. The fraction of sp³-hybridized carbons (Fsp3) is 0.364. The van der Waals surface area contributed by atoms with Crippen LogP contribution in [0.4, 0.5) is 11.6 Å². The van der Waals surface area contributed by atoms with Crippen LogP contribution in [0.2, 0.25) is 19.6 Å². The number of hydrogen-bond donors (Lipinski definition) is 2. The highest BCUT2D eigenvalue weighted by Crippen LogP contribution is 2.28. The van der Waals surface area contributed by atoms with Crippen molar-refractivity contribution in [3.05, 3.63) is 54.2 Å². The van der Waals surface area contributed by atoms with Crippen molar-refractivity contribution >= 4 is 35.8 Å². The number of anilines is 2. The van der Waals surface area contributed by atoms with Gasteiger partial charge in [0.25, 0.3) is 0 Å². The fourth-order valence-corrected chi connectivity index (χ4v) is 4.89. The summed E-state index contributed by atoms with van der Waals surface area (Å²) in [7, 11) is -1.32. The van der Waals surface area contributed by atoms with Gasteiger partial charge in [-0.2, -0.15) is 0 Å². The lowest BCUT2D eigenvalue weighted by Gasteiger charge is -2.23. The van der Waals surface area contributed by atoms with Gasteiger partial charge in [-0.3, -0.25) is 0 Å². The van der Waals surface area contributed by atoms with Crippen molar-refractivity contribution in [1.82, 2.24) is 15.3 Å². The van der Waals surface area contributed by atoms with Gasteiger partial charge < -0.3 is 10.6 Å². The minimum atomic E-state index is -1.32. The number of nitrogens with zero attached hydrogens (tertiary/aromatic N) is 2. The van der Waals surface area contributed by atoms with Crippen molar-refractivity contribution in [2.24, 2.45) is 0 Å². The molecule has 4 nitrogen and oxygen atoms in total. The van der Waals surface area contributed by atoms with Crippen molar-refractivity contribution in [1.29, 1.82) is 0 Å². The highest BCUT2D eigenvalue weighted by Gasteiger charge is 2.17. The molecule has 0 unspecified atom stereocenters. The largest absolute Gasteiger partial charge is 0.324 e. The van der Waals surface area contributed by atoms with Crippen LogP contribution >= 0.6 is 0 Å². The van der Waals surface area contributed by atoms with Crippen LogP contribution in [0.15, 0.2) is 48.7 Å². The Labute approximate surface area is 162 Å². The van der Waals surface area contributed by atoms with Crippen LogP contribution in [-0.4, -0.2) is 31.1 Å². The Morgan fingerprint density at radius 1 is 1.04 bits per heavy atom. The van der Waals surface area contributed by atoms with Crippen LogP contribution in [0.5, 0.6) is 0 Å². The molecule has 4 rings (SSSR count). The zero-order valence-electron chi connectivity index (χ0n) is 16.4. The first-order valence-electron chi connectivity index (χ1n) is 9.84. The van der Waals surface area contributed by atoms with Crippen LogP contribution in [0.1, 0.15) is 24.3 Å². The van der Waals surface area contributed by atoms with Crippen LogP contribution in [0, 0.1) is 0 Å². The SMILES string of the molecule is C[Si](C)(C)c1ccc2nc(Nc3cccc(C4CCNCC4)c3)ncc2c1. The van der Waals surface area contributed by atoms with E-state index in [1.165, 1.54) is 23.6 Å². The average molecular weight is 377 g/mol. The number of hydrogen-bond acceptors (Lipinski definition) is 4. The zero-order valence-corrected chi connectivity index (χ0v) is 17.4. The molecule has 1 aliphatic rings. The molecule has 1 aliphatic heterocycles. The molecule has 1 aromatic heterocycles. The Hall–Kier alpha value is -2.24. The lowest BCUT2D eigenvalue weighted by atomic mass is 9.90. The van der Waals surface area contributed by atoms with Gasteiger partial charge in [0.05, 0.1) is 13.6 Å².